The van der Waals surface area contributed by atoms with Crippen molar-refractivity contribution in [3.05, 3.63) is 89.4 Å². The van der Waals surface area contributed by atoms with E-state index in [1.165, 1.54) is 12.1 Å². The first-order valence-electron chi connectivity index (χ1n) is 8.31. The Morgan fingerprint density at radius 1 is 1.08 bits per heavy atom. The molecule has 3 rings (SSSR count). The highest BCUT2D eigenvalue weighted by Gasteiger charge is 2.07. The van der Waals surface area contributed by atoms with Crippen LogP contribution in [0.5, 0.6) is 5.75 Å². The molecule has 0 saturated heterocycles. The van der Waals surface area contributed by atoms with E-state index >= 15 is 0 Å². The van der Waals surface area contributed by atoms with Crippen LogP contribution in [0.15, 0.2) is 71.9 Å². The molecule has 0 bridgehead atoms. The van der Waals surface area contributed by atoms with Crippen molar-refractivity contribution in [1.82, 2.24) is 4.98 Å². The maximum absolute atomic E-state index is 13.0. The number of hydrogen-bond donors (Lipinski definition) is 1. The summed E-state index contributed by atoms with van der Waals surface area (Å²) in [5.41, 5.74) is 9.18. The van der Waals surface area contributed by atoms with Gasteiger partial charge in [-0.1, -0.05) is 36.4 Å². The maximum atomic E-state index is 13.0. The normalized spacial score (nSPS) is 11.4. The molecular formula is C21H20FN3O. The van der Waals surface area contributed by atoms with Gasteiger partial charge in [0.15, 0.2) is 11.6 Å². The van der Waals surface area contributed by atoms with Crippen molar-refractivity contribution < 1.29 is 9.13 Å². The van der Waals surface area contributed by atoms with E-state index in [4.69, 9.17) is 10.5 Å². The largest absolute Gasteiger partial charge is 0.485 e. The fraction of sp³-hybridized carbons (Fsp3) is 0.143. The van der Waals surface area contributed by atoms with E-state index in [0.29, 0.717) is 30.4 Å². The molecule has 4 nitrogen and oxygen atoms in total. The van der Waals surface area contributed by atoms with Crippen LogP contribution < -0.4 is 10.5 Å². The Hall–Kier alpha value is -3.21. The van der Waals surface area contributed by atoms with Crippen molar-refractivity contribution in [2.45, 2.75) is 20.0 Å². The molecule has 2 N–H and O–H groups in total. The third-order valence-corrected chi connectivity index (χ3v) is 3.94. The Bertz CT molecular complexity index is 907. The summed E-state index contributed by atoms with van der Waals surface area (Å²) < 4.78 is 18.9. The highest BCUT2D eigenvalue weighted by atomic mass is 19.1. The standard InChI is InChI=1S/C21H20FN3O/c1-15-5-2-3-6-17(15)14-26-19-7-4-12-24-21(19)25-20(23)13-16-8-10-18(22)11-9-16/h2-12H,13-14H2,1H3,(H2,23,24,25). The van der Waals surface area contributed by atoms with Crippen LogP contribution in [0.25, 0.3) is 0 Å². The molecule has 0 unspecified atom stereocenters. The molecule has 0 aliphatic rings. The molecule has 26 heavy (non-hydrogen) atoms. The number of aryl methyl sites for hydroxylation is 1. The Morgan fingerprint density at radius 2 is 1.85 bits per heavy atom. The Balaban J connectivity index is 1.73. The van der Waals surface area contributed by atoms with Crippen LogP contribution in [0.1, 0.15) is 16.7 Å². The predicted octanol–water partition coefficient (Wildman–Crippen LogP) is 4.34. The van der Waals surface area contributed by atoms with Crippen LogP contribution in [0, 0.1) is 12.7 Å². The van der Waals surface area contributed by atoms with Crippen molar-refractivity contribution in [3.63, 3.8) is 0 Å². The minimum Gasteiger partial charge on any atom is -0.485 e. The first-order valence-corrected chi connectivity index (χ1v) is 8.31. The van der Waals surface area contributed by atoms with E-state index in [1.54, 1.807) is 24.4 Å². The van der Waals surface area contributed by atoms with Gasteiger partial charge in [0.05, 0.1) is 0 Å². The number of benzene rings is 2. The van der Waals surface area contributed by atoms with Gasteiger partial charge in [-0.25, -0.2) is 14.4 Å². The molecule has 5 heteroatoms. The lowest BCUT2D eigenvalue weighted by Gasteiger charge is -2.10. The summed E-state index contributed by atoms with van der Waals surface area (Å²) in [6, 6.07) is 17.8. The summed E-state index contributed by atoms with van der Waals surface area (Å²) in [7, 11) is 0. The average Bonchev–Trinajstić information content (AvgIpc) is 2.64. The lowest BCUT2D eigenvalue weighted by Crippen LogP contribution is -2.14. The van der Waals surface area contributed by atoms with Crippen LogP contribution in [0.3, 0.4) is 0 Å². The van der Waals surface area contributed by atoms with E-state index in [9.17, 15) is 4.39 Å². The molecule has 0 spiro atoms. The number of halogens is 1. The monoisotopic (exact) mass is 349 g/mol. The van der Waals surface area contributed by atoms with Gasteiger partial charge in [0, 0.05) is 12.6 Å². The third-order valence-electron chi connectivity index (χ3n) is 3.94. The molecule has 0 atom stereocenters. The Labute approximate surface area is 152 Å². The molecule has 0 amide bonds. The maximum Gasteiger partial charge on any atom is 0.196 e. The molecule has 0 aliphatic carbocycles. The topological polar surface area (TPSA) is 60.5 Å². The number of ether oxygens (including phenoxy) is 1. The fourth-order valence-electron chi connectivity index (χ4n) is 2.49. The van der Waals surface area contributed by atoms with Crippen molar-refractivity contribution in [2.24, 2.45) is 10.7 Å². The number of hydrogen-bond acceptors (Lipinski definition) is 3. The lowest BCUT2D eigenvalue weighted by atomic mass is 10.1. The first-order chi connectivity index (χ1) is 12.6. The summed E-state index contributed by atoms with van der Waals surface area (Å²) in [6.07, 6.45) is 2.05. The van der Waals surface area contributed by atoms with E-state index in [2.05, 4.69) is 9.98 Å². The second kappa shape index (κ2) is 8.25. The third kappa shape index (κ3) is 4.66. The minimum absolute atomic E-state index is 0.277. The second-order valence-electron chi connectivity index (χ2n) is 5.95. The number of nitrogens with zero attached hydrogens (tertiary/aromatic N) is 2. The summed E-state index contributed by atoms with van der Waals surface area (Å²) >= 11 is 0. The first kappa shape index (κ1) is 17.6. The summed E-state index contributed by atoms with van der Waals surface area (Å²) in [6.45, 7) is 2.47. The van der Waals surface area contributed by atoms with Gasteiger partial charge in [0.2, 0.25) is 0 Å². The SMILES string of the molecule is Cc1ccccc1COc1cccnc1N=C(N)Cc1ccc(F)cc1. The zero-order valence-corrected chi connectivity index (χ0v) is 14.5. The van der Waals surface area contributed by atoms with Gasteiger partial charge in [0.25, 0.3) is 0 Å². The second-order valence-corrected chi connectivity index (χ2v) is 5.95. The highest BCUT2D eigenvalue weighted by molar-refractivity contribution is 5.85. The van der Waals surface area contributed by atoms with Crippen LogP contribution in [-0.4, -0.2) is 10.8 Å². The molecule has 3 aromatic rings. The Morgan fingerprint density at radius 3 is 2.62 bits per heavy atom. The fourth-order valence-corrected chi connectivity index (χ4v) is 2.49. The Kier molecular flexibility index (Phi) is 5.59. The van der Waals surface area contributed by atoms with Gasteiger partial charge in [0.1, 0.15) is 18.3 Å². The van der Waals surface area contributed by atoms with Gasteiger partial charge in [-0.2, -0.15) is 0 Å². The molecule has 0 aliphatic heterocycles. The van der Waals surface area contributed by atoms with Crippen LogP contribution >= 0.6 is 0 Å². The molecule has 1 heterocycles. The van der Waals surface area contributed by atoms with Crippen molar-refractivity contribution >= 4 is 11.7 Å². The zero-order valence-electron chi connectivity index (χ0n) is 14.5. The van der Waals surface area contributed by atoms with Gasteiger partial charge >= 0.3 is 0 Å². The van der Waals surface area contributed by atoms with Crippen molar-refractivity contribution in [3.8, 4) is 5.75 Å². The highest BCUT2D eigenvalue weighted by Crippen LogP contribution is 2.25. The summed E-state index contributed by atoms with van der Waals surface area (Å²) in [5, 5.41) is 0. The lowest BCUT2D eigenvalue weighted by molar-refractivity contribution is 0.305. The predicted molar refractivity (Wildman–Crippen MR) is 101 cm³/mol. The van der Waals surface area contributed by atoms with Crippen molar-refractivity contribution in [1.29, 1.82) is 0 Å². The molecule has 0 saturated carbocycles. The molecule has 132 valence electrons. The molecule has 0 radical (unpaired) electrons. The van der Waals surface area contributed by atoms with E-state index in [1.807, 2.05) is 37.3 Å². The van der Waals surface area contributed by atoms with E-state index < -0.39 is 0 Å². The van der Waals surface area contributed by atoms with Gasteiger partial charge in [-0.05, 0) is 47.9 Å². The average molecular weight is 349 g/mol. The number of aliphatic imine (C=N–C) groups is 1. The number of rotatable bonds is 6. The summed E-state index contributed by atoms with van der Waals surface area (Å²) in [5.74, 6) is 1.11. The zero-order chi connectivity index (χ0) is 18.4. The van der Waals surface area contributed by atoms with Gasteiger partial charge < -0.3 is 10.5 Å². The van der Waals surface area contributed by atoms with Crippen molar-refractivity contribution in [2.75, 3.05) is 0 Å². The van der Waals surface area contributed by atoms with Gasteiger partial charge in [-0.15, -0.1) is 0 Å². The van der Waals surface area contributed by atoms with Gasteiger partial charge in [-0.3, -0.25) is 0 Å². The molecule has 1 aromatic heterocycles. The summed E-state index contributed by atoms with van der Waals surface area (Å²) in [4.78, 5) is 8.63. The van der Waals surface area contributed by atoms with E-state index in [0.717, 1.165) is 16.7 Å². The molecule has 0 fully saturated rings. The number of pyridine rings is 1. The number of nitrogens with two attached hydrogens (primary N) is 1. The van der Waals surface area contributed by atoms with Crippen LogP contribution in [0.2, 0.25) is 0 Å². The molecular weight excluding hydrogens is 329 g/mol. The minimum atomic E-state index is -0.277. The van der Waals surface area contributed by atoms with Crippen LogP contribution in [-0.2, 0) is 13.0 Å². The number of amidine groups is 1. The quantitative estimate of drug-likeness (QED) is 0.532. The smallest absolute Gasteiger partial charge is 0.196 e. The number of aromatic nitrogens is 1. The van der Waals surface area contributed by atoms with Crippen LogP contribution in [0.4, 0.5) is 10.2 Å². The molecule has 2 aromatic carbocycles. The van der Waals surface area contributed by atoms with E-state index in [-0.39, 0.29) is 5.82 Å².